The number of carbonyl (C=O) groups is 1. The van der Waals surface area contributed by atoms with E-state index in [-0.39, 0.29) is 11.3 Å². The van der Waals surface area contributed by atoms with Gasteiger partial charge in [-0.2, -0.15) is 0 Å². The van der Waals surface area contributed by atoms with Crippen molar-refractivity contribution in [2.24, 2.45) is 5.92 Å². The summed E-state index contributed by atoms with van der Waals surface area (Å²) in [5.74, 6) is -0.772. The van der Waals surface area contributed by atoms with Gasteiger partial charge in [0.25, 0.3) is 0 Å². The van der Waals surface area contributed by atoms with Gasteiger partial charge < -0.3 is 15.2 Å². The van der Waals surface area contributed by atoms with E-state index in [4.69, 9.17) is 9.84 Å². The minimum absolute atomic E-state index is 0.142. The summed E-state index contributed by atoms with van der Waals surface area (Å²) >= 11 is 0. The van der Waals surface area contributed by atoms with Gasteiger partial charge in [-0.05, 0) is 56.6 Å². The summed E-state index contributed by atoms with van der Waals surface area (Å²) in [6, 6.07) is 9.16. The fraction of sp³-hybridized carbons (Fsp3) is 0.650. The molecule has 0 radical (unpaired) electrons. The highest BCUT2D eigenvalue weighted by atomic mass is 16.5. The fourth-order valence-corrected chi connectivity index (χ4v) is 4.36. The molecule has 4 heteroatoms. The molecule has 1 aromatic rings. The number of hydrogen-bond donors (Lipinski definition) is 2. The number of benzene rings is 1. The zero-order valence-electron chi connectivity index (χ0n) is 14.6. The van der Waals surface area contributed by atoms with Crippen LogP contribution in [0.4, 0.5) is 0 Å². The molecule has 2 fully saturated rings. The highest BCUT2D eigenvalue weighted by Crippen LogP contribution is 2.36. The lowest BCUT2D eigenvalue weighted by atomic mass is 9.72. The first-order chi connectivity index (χ1) is 11.6. The molecule has 24 heavy (non-hydrogen) atoms. The van der Waals surface area contributed by atoms with Crippen LogP contribution in [0.5, 0.6) is 0 Å². The van der Waals surface area contributed by atoms with Crippen molar-refractivity contribution in [3.8, 4) is 0 Å². The van der Waals surface area contributed by atoms with Crippen molar-refractivity contribution in [1.82, 2.24) is 5.32 Å². The number of nitrogens with one attached hydrogen (secondary N) is 1. The van der Waals surface area contributed by atoms with Gasteiger partial charge in [0, 0.05) is 31.2 Å². The maximum absolute atomic E-state index is 11.1. The van der Waals surface area contributed by atoms with Crippen molar-refractivity contribution in [3.05, 3.63) is 35.4 Å². The maximum atomic E-state index is 11.1. The molecule has 0 amide bonds. The first kappa shape index (κ1) is 17.4. The molecule has 3 rings (SSSR count). The topological polar surface area (TPSA) is 58.6 Å². The smallest absolute Gasteiger partial charge is 0.306 e. The van der Waals surface area contributed by atoms with Gasteiger partial charge in [0.15, 0.2) is 0 Å². The van der Waals surface area contributed by atoms with Crippen molar-refractivity contribution >= 4 is 5.97 Å². The SMILES string of the molecule is Cc1ccccc1C1(CNC2CCC(C(=O)O)CC2)CCOCC1. The van der Waals surface area contributed by atoms with Gasteiger partial charge >= 0.3 is 5.97 Å². The van der Waals surface area contributed by atoms with Gasteiger partial charge in [0.2, 0.25) is 0 Å². The standard InChI is InChI=1S/C20H29NO3/c1-15-4-2-3-5-18(15)20(10-12-24-13-11-20)14-21-17-8-6-16(7-9-17)19(22)23/h2-5,16-17,21H,6-14H2,1H3,(H,22,23). The van der Waals surface area contributed by atoms with Crippen LogP contribution in [0.3, 0.4) is 0 Å². The van der Waals surface area contributed by atoms with Gasteiger partial charge in [-0.1, -0.05) is 24.3 Å². The molecular formula is C20H29NO3. The Bertz CT molecular complexity index is 558. The molecule has 1 aliphatic carbocycles. The minimum Gasteiger partial charge on any atom is -0.481 e. The minimum atomic E-state index is -0.630. The molecule has 0 atom stereocenters. The van der Waals surface area contributed by atoms with Crippen LogP contribution in [0, 0.1) is 12.8 Å². The van der Waals surface area contributed by atoms with Gasteiger partial charge in [0.1, 0.15) is 0 Å². The van der Waals surface area contributed by atoms with Crippen LogP contribution in [0.15, 0.2) is 24.3 Å². The zero-order chi connectivity index (χ0) is 17.0. The average Bonchev–Trinajstić information content (AvgIpc) is 2.61. The molecule has 132 valence electrons. The van der Waals surface area contributed by atoms with Gasteiger partial charge in [0.05, 0.1) is 5.92 Å². The second kappa shape index (κ2) is 7.66. The van der Waals surface area contributed by atoms with Crippen LogP contribution in [0.2, 0.25) is 0 Å². The average molecular weight is 331 g/mol. The van der Waals surface area contributed by atoms with E-state index in [9.17, 15) is 4.79 Å². The monoisotopic (exact) mass is 331 g/mol. The molecule has 2 aliphatic rings. The van der Waals surface area contributed by atoms with E-state index in [1.165, 1.54) is 11.1 Å². The summed E-state index contributed by atoms with van der Waals surface area (Å²) in [6.45, 7) is 4.80. The lowest BCUT2D eigenvalue weighted by molar-refractivity contribution is -0.142. The van der Waals surface area contributed by atoms with Gasteiger partial charge in [-0.3, -0.25) is 4.79 Å². The zero-order valence-corrected chi connectivity index (χ0v) is 14.6. The fourth-order valence-electron chi connectivity index (χ4n) is 4.36. The second-order valence-corrected chi connectivity index (χ2v) is 7.48. The third-order valence-electron chi connectivity index (χ3n) is 5.97. The van der Waals surface area contributed by atoms with Crippen LogP contribution in [-0.2, 0) is 14.9 Å². The third-order valence-corrected chi connectivity index (χ3v) is 5.97. The van der Waals surface area contributed by atoms with Crippen molar-refractivity contribution in [3.63, 3.8) is 0 Å². The summed E-state index contributed by atoms with van der Waals surface area (Å²) < 4.78 is 5.63. The first-order valence-electron chi connectivity index (χ1n) is 9.21. The summed E-state index contributed by atoms with van der Waals surface area (Å²) in [7, 11) is 0. The van der Waals surface area contributed by atoms with Gasteiger partial charge in [-0.15, -0.1) is 0 Å². The van der Waals surface area contributed by atoms with Crippen LogP contribution in [0.25, 0.3) is 0 Å². The summed E-state index contributed by atoms with van der Waals surface area (Å²) in [4.78, 5) is 11.1. The highest BCUT2D eigenvalue weighted by Gasteiger charge is 2.36. The molecule has 0 bridgehead atoms. The lowest BCUT2D eigenvalue weighted by Crippen LogP contribution is -2.47. The molecule has 0 aromatic heterocycles. The molecule has 0 unspecified atom stereocenters. The van der Waals surface area contributed by atoms with E-state index >= 15 is 0 Å². The molecule has 1 saturated carbocycles. The number of aryl methyl sites for hydroxylation is 1. The van der Waals surface area contributed by atoms with Gasteiger partial charge in [-0.25, -0.2) is 0 Å². The number of aliphatic carboxylic acids is 1. The number of carboxylic acid groups (broad SMARTS) is 1. The van der Waals surface area contributed by atoms with Crippen LogP contribution in [0.1, 0.15) is 49.7 Å². The highest BCUT2D eigenvalue weighted by molar-refractivity contribution is 5.70. The quantitative estimate of drug-likeness (QED) is 0.869. The normalized spacial score (nSPS) is 26.9. The maximum Gasteiger partial charge on any atom is 0.306 e. The number of carboxylic acids is 1. The van der Waals surface area contributed by atoms with Crippen molar-refractivity contribution < 1.29 is 14.6 Å². The summed E-state index contributed by atoms with van der Waals surface area (Å²) in [5.41, 5.74) is 2.95. The molecule has 4 nitrogen and oxygen atoms in total. The predicted molar refractivity (Wildman–Crippen MR) is 94.3 cm³/mol. The summed E-state index contributed by atoms with van der Waals surface area (Å²) in [6.07, 6.45) is 5.64. The molecule has 1 aromatic carbocycles. The Morgan fingerprint density at radius 1 is 1.21 bits per heavy atom. The lowest BCUT2D eigenvalue weighted by Gasteiger charge is -2.40. The third kappa shape index (κ3) is 3.81. The Hall–Kier alpha value is -1.39. The number of ether oxygens (including phenoxy) is 1. The van der Waals surface area contributed by atoms with E-state index in [2.05, 4.69) is 36.5 Å². The van der Waals surface area contributed by atoms with E-state index < -0.39 is 5.97 Å². The first-order valence-corrected chi connectivity index (χ1v) is 9.21. The van der Waals surface area contributed by atoms with E-state index in [0.717, 1.165) is 58.3 Å². The Morgan fingerprint density at radius 3 is 2.50 bits per heavy atom. The van der Waals surface area contributed by atoms with Crippen molar-refractivity contribution in [2.45, 2.75) is 56.9 Å². The molecule has 0 spiro atoms. The molecular weight excluding hydrogens is 302 g/mol. The van der Waals surface area contributed by atoms with Crippen LogP contribution >= 0.6 is 0 Å². The Kier molecular flexibility index (Phi) is 5.57. The number of rotatable bonds is 5. The predicted octanol–water partition coefficient (Wildman–Crippen LogP) is 3.28. The molecule has 1 aliphatic heterocycles. The van der Waals surface area contributed by atoms with E-state index in [1.807, 2.05) is 0 Å². The largest absolute Gasteiger partial charge is 0.481 e. The van der Waals surface area contributed by atoms with E-state index in [1.54, 1.807) is 0 Å². The van der Waals surface area contributed by atoms with Crippen molar-refractivity contribution in [2.75, 3.05) is 19.8 Å². The van der Waals surface area contributed by atoms with Crippen LogP contribution < -0.4 is 5.32 Å². The Morgan fingerprint density at radius 2 is 1.88 bits per heavy atom. The van der Waals surface area contributed by atoms with Crippen LogP contribution in [-0.4, -0.2) is 36.9 Å². The van der Waals surface area contributed by atoms with E-state index in [0.29, 0.717) is 6.04 Å². The van der Waals surface area contributed by atoms with Crippen molar-refractivity contribution in [1.29, 1.82) is 0 Å². The summed E-state index contributed by atoms with van der Waals surface area (Å²) in [5, 5.41) is 12.9. The molecule has 2 N–H and O–H groups in total. The molecule has 1 saturated heterocycles. The Balaban J connectivity index is 1.66. The molecule has 1 heterocycles. The second-order valence-electron chi connectivity index (χ2n) is 7.48. The number of hydrogen-bond acceptors (Lipinski definition) is 3. The Labute approximate surface area is 144 Å².